The molecule has 0 amide bonds. The number of Topliss-reactive ketones (excluding diaryl/α,β-unsaturated/α-hetero) is 1. The molecule has 0 aliphatic carbocycles. The van der Waals surface area contributed by atoms with Crippen molar-refractivity contribution in [2.75, 3.05) is 20.3 Å². The Morgan fingerprint density at radius 1 is 1.59 bits per heavy atom. The van der Waals surface area contributed by atoms with Crippen molar-refractivity contribution in [1.29, 1.82) is 0 Å². The van der Waals surface area contributed by atoms with Crippen LogP contribution in [0.4, 0.5) is 0 Å². The molecule has 1 aromatic heterocycles. The van der Waals surface area contributed by atoms with Gasteiger partial charge < -0.3 is 9.47 Å². The zero-order valence-electron chi connectivity index (χ0n) is 10.0. The molecule has 0 spiro atoms. The molecule has 0 aromatic carbocycles. The normalized spacial score (nSPS) is 19.9. The van der Waals surface area contributed by atoms with Crippen molar-refractivity contribution >= 4 is 5.78 Å². The van der Waals surface area contributed by atoms with Gasteiger partial charge in [0.1, 0.15) is 5.78 Å². The first-order valence-electron chi connectivity index (χ1n) is 5.89. The SMILES string of the molecule is COc1ccc(CC(=O)C2CCCOC2)cn1. The van der Waals surface area contributed by atoms with E-state index in [1.54, 1.807) is 19.4 Å². The number of methoxy groups -OCH3 is 1. The average molecular weight is 235 g/mol. The minimum absolute atomic E-state index is 0.0610. The number of hydrogen-bond acceptors (Lipinski definition) is 4. The molecular formula is C13H17NO3. The number of carbonyl (C=O) groups is 1. The number of aromatic nitrogens is 1. The van der Waals surface area contributed by atoms with E-state index >= 15 is 0 Å². The van der Waals surface area contributed by atoms with Crippen molar-refractivity contribution in [2.45, 2.75) is 19.3 Å². The van der Waals surface area contributed by atoms with Crippen molar-refractivity contribution in [3.63, 3.8) is 0 Å². The van der Waals surface area contributed by atoms with Gasteiger partial charge in [-0.05, 0) is 18.4 Å². The predicted molar refractivity (Wildman–Crippen MR) is 63.0 cm³/mol. The fourth-order valence-corrected chi connectivity index (χ4v) is 1.98. The van der Waals surface area contributed by atoms with Crippen LogP contribution in [0.2, 0.25) is 0 Å². The Balaban J connectivity index is 1.92. The first-order valence-corrected chi connectivity index (χ1v) is 5.89. The molecule has 0 bridgehead atoms. The van der Waals surface area contributed by atoms with Crippen LogP contribution >= 0.6 is 0 Å². The molecule has 1 aliphatic rings. The van der Waals surface area contributed by atoms with E-state index in [1.165, 1.54) is 0 Å². The summed E-state index contributed by atoms with van der Waals surface area (Å²) in [6.07, 6.45) is 4.06. The molecule has 1 unspecified atom stereocenters. The lowest BCUT2D eigenvalue weighted by atomic mass is 9.93. The fraction of sp³-hybridized carbons (Fsp3) is 0.538. The maximum Gasteiger partial charge on any atom is 0.212 e. The van der Waals surface area contributed by atoms with E-state index in [0.29, 0.717) is 18.9 Å². The molecule has 92 valence electrons. The summed E-state index contributed by atoms with van der Waals surface area (Å²) in [5, 5.41) is 0. The highest BCUT2D eigenvalue weighted by atomic mass is 16.5. The zero-order chi connectivity index (χ0) is 12.1. The third kappa shape index (κ3) is 3.27. The molecule has 0 N–H and O–H groups in total. The highest BCUT2D eigenvalue weighted by Gasteiger charge is 2.21. The van der Waals surface area contributed by atoms with Crippen LogP contribution in [0.1, 0.15) is 18.4 Å². The number of pyridine rings is 1. The van der Waals surface area contributed by atoms with Crippen LogP contribution in [-0.4, -0.2) is 31.1 Å². The first-order chi connectivity index (χ1) is 8.29. The van der Waals surface area contributed by atoms with Gasteiger partial charge in [0.25, 0.3) is 0 Å². The van der Waals surface area contributed by atoms with Crippen LogP contribution < -0.4 is 4.74 Å². The number of ether oxygens (including phenoxy) is 2. The van der Waals surface area contributed by atoms with Crippen molar-refractivity contribution < 1.29 is 14.3 Å². The third-order valence-corrected chi connectivity index (χ3v) is 3.00. The summed E-state index contributed by atoms with van der Waals surface area (Å²) < 4.78 is 10.3. The summed E-state index contributed by atoms with van der Waals surface area (Å²) >= 11 is 0. The quantitative estimate of drug-likeness (QED) is 0.795. The number of rotatable bonds is 4. The van der Waals surface area contributed by atoms with Crippen LogP contribution in [0.3, 0.4) is 0 Å². The number of hydrogen-bond donors (Lipinski definition) is 0. The second-order valence-electron chi connectivity index (χ2n) is 4.27. The summed E-state index contributed by atoms with van der Waals surface area (Å²) in [5.41, 5.74) is 0.932. The van der Waals surface area contributed by atoms with Crippen LogP contribution in [0, 0.1) is 5.92 Å². The van der Waals surface area contributed by atoms with Gasteiger partial charge in [0, 0.05) is 31.2 Å². The highest BCUT2D eigenvalue weighted by Crippen LogP contribution is 2.17. The number of ketones is 1. The van der Waals surface area contributed by atoms with E-state index < -0.39 is 0 Å². The van der Waals surface area contributed by atoms with Crippen LogP contribution in [-0.2, 0) is 16.0 Å². The molecule has 4 heteroatoms. The van der Waals surface area contributed by atoms with Crippen LogP contribution in [0.5, 0.6) is 5.88 Å². The highest BCUT2D eigenvalue weighted by molar-refractivity contribution is 5.83. The number of nitrogens with zero attached hydrogens (tertiary/aromatic N) is 1. The molecule has 0 radical (unpaired) electrons. The molecule has 17 heavy (non-hydrogen) atoms. The average Bonchev–Trinajstić information content (AvgIpc) is 2.40. The van der Waals surface area contributed by atoms with Gasteiger partial charge in [-0.3, -0.25) is 4.79 Å². The van der Waals surface area contributed by atoms with Crippen LogP contribution in [0.15, 0.2) is 18.3 Å². The molecule has 0 saturated carbocycles. The molecule has 4 nitrogen and oxygen atoms in total. The maximum absolute atomic E-state index is 12.0. The molecule has 1 aliphatic heterocycles. The number of carbonyl (C=O) groups excluding carboxylic acids is 1. The van der Waals surface area contributed by atoms with Gasteiger partial charge in [-0.25, -0.2) is 4.98 Å². The van der Waals surface area contributed by atoms with Crippen molar-refractivity contribution in [1.82, 2.24) is 4.98 Å². The Labute approximate surface area is 101 Å². The summed E-state index contributed by atoms with van der Waals surface area (Å²) in [4.78, 5) is 16.1. The minimum Gasteiger partial charge on any atom is -0.481 e. The second kappa shape index (κ2) is 5.77. The van der Waals surface area contributed by atoms with Crippen molar-refractivity contribution in [3.8, 4) is 5.88 Å². The van der Waals surface area contributed by atoms with E-state index in [0.717, 1.165) is 25.0 Å². The minimum atomic E-state index is 0.0610. The van der Waals surface area contributed by atoms with E-state index in [-0.39, 0.29) is 11.7 Å². The second-order valence-corrected chi connectivity index (χ2v) is 4.27. The first kappa shape index (κ1) is 12.0. The van der Waals surface area contributed by atoms with E-state index in [9.17, 15) is 4.79 Å². The molecule has 2 rings (SSSR count). The van der Waals surface area contributed by atoms with E-state index in [1.807, 2.05) is 6.07 Å². The summed E-state index contributed by atoms with van der Waals surface area (Å²) in [6, 6.07) is 3.66. The standard InChI is InChI=1S/C13H17NO3/c1-16-13-5-4-10(8-14-13)7-12(15)11-3-2-6-17-9-11/h4-5,8,11H,2-3,6-7,9H2,1H3. The van der Waals surface area contributed by atoms with Gasteiger partial charge >= 0.3 is 0 Å². The lowest BCUT2D eigenvalue weighted by Gasteiger charge is -2.20. The Kier molecular flexibility index (Phi) is 4.09. The van der Waals surface area contributed by atoms with Crippen molar-refractivity contribution in [3.05, 3.63) is 23.9 Å². The van der Waals surface area contributed by atoms with Gasteiger partial charge in [0.2, 0.25) is 5.88 Å². The largest absolute Gasteiger partial charge is 0.481 e. The summed E-state index contributed by atoms with van der Waals surface area (Å²) in [6.45, 7) is 1.36. The van der Waals surface area contributed by atoms with Gasteiger partial charge in [-0.15, -0.1) is 0 Å². The van der Waals surface area contributed by atoms with Gasteiger partial charge in [0.05, 0.1) is 13.7 Å². The van der Waals surface area contributed by atoms with Crippen LogP contribution in [0.25, 0.3) is 0 Å². The molecule has 1 aromatic rings. The topological polar surface area (TPSA) is 48.4 Å². The molecule has 1 saturated heterocycles. The Morgan fingerprint density at radius 3 is 3.06 bits per heavy atom. The Morgan fingerprint density at radius 2 is 2.47 bits per heavy atom. The summed E-state index contributed by atoms with van der Waals surface area (Å²) in [5.74, 6) is 0.879. The lowest BCUT2D eigenvalue weighted by Crippen LogP contribution is -2.26. The Hall–Kier alpha value is -1.42. The van der Waals surface area contributed by atoms with E-state index in [2.05, 4.69) is 4.98 Å². The lowest BCUT2D eigenvalue weighted by molar-refractivity contribution is -0.126. The Bertz CT molecular complexity index is 369. The molecule has 1 atom stereocenters. The predicted octanol–water partition coefficient (Wildman–Crippen LogP) is 1.63. The monoisotopic (exact) mass is 235 g/mol. The van der Waals surface area contributed by atoms with Gasteiger partial charge in [-0.1, -0.05) is 6.07 Å². The maximum atomic E-state index is 12.0. The summed E-state index contributed by atoms with van der Waals surface area (Å²) in [7, 11) is 1.58. The molecular weight excluding hydrogens is 218 g/mol. The third-order valence-electron chi connectivity index (χ3n) is 3.00. The van der Waals surface area contributed by atoms with E-state index in [4.69, 9.17) is 9.47 Å². The van der Waals surface area contributed by atoms with Crippen molar-refractivity contribution in [2.24, 2.45) is 5.92 Å². The zero-order valence-corrected chi connectivity index (χ0v) is 10.0. The van der Waals surface area contributed by atoms with Gasteiger partial charge in [-0.2, -0.15) is 0 Å². The smallest absolute Gasteiger partial charge is 0.212 e. The van der Waals surface area contributed by atoms with Gasteiger partial charge in [0.15, 0.2) is 0 Å². The molecule has 1 fully saturated rings. The molecule has 2 heterocycles. The fourth-order valence-electron chi connectivity index (χ4n) is 1.98.